The van der Waals surface area contributed by atoms with Crippen molar-refractivity contribution in [2.45, 2.75) is 18.7 Å². The Morgan fingerprint density at radius 1 is 1.44 bits per heavy atom. The zero-order valence-electron chi connectivity index (χ0n) is 11.0. The normalized spacial score (nSPS) is 15.2. The largest absolute Gasteiger partial charge is 0.355 e. The monoisotopic (exact) mass is 264 g/mol. The number of benzene rings is 1. The van der Waals surface area contributed by atoms with E-state index in [0.29, 0.717) is 11.7 Å². The van der Waals surface area contributed by atoms with Crippen LogP contribution < -0.4 is 10.6 Å². The fourth-order valence-corrected chi connectivity index (χ4v) is 2.75. The van der Waals surface area contributed by atoms with Gasteiger partial charge in [0.25, 0.3) is 0 Å². The van der Waals surface area contributed by atoms with Crippen molar-refractivity contribution < 1.29 is 4.79 Å². The van der Waals surface area contributed by atoms with E-state index in [1.165, 1.54) is 16.0 Å². The molecule has 4 heteroatoms. The molecule has 1 saturated heterocycles. The zero-order chi connectivity index (χ0) is 13.0. The van der Waals surface area contributed by atoms with Gasteiger partial charge in [-0.1, -0.05) is 17.7 Å². The summed E-state index contributed by atoms with van der Waals surface area (Å²) in [5.41, 5.74) is 2.51. The van der Waals surface area contributed by atoms with E-state index in [1.54, 1.807) is 11.8 Å². The Labute approximate surface area is 113 Å². The van der Waals surface area contributed by atoms with Crippen molar-refractivity contribution in [3.05, 3.63) is 29.3 Å². The molecule has 0 unspecified atom stereocenters. The van der Waals surface area contributed by atoms with Crippen LogP contribution in [-0.4, -0.2) is 31.3 Å². The number of hydrogen-bond acceptors (Lipinski definition) is 3. The second-order valence-electron chi connectivity index (χ2n) is 4.89. The second kappa shape index (κ2) is 6.25. The molecule has 1 aromatic carbocycles. The molecule has 1 fully saturated rings. The third kappa shape index (κ3) is 3.75. The summed E-state index contributed by atoms with van der Waals surface area (Å²) in [6.07, 6.45) is 0. The molecule has 1 aliphatic rings. The highest BCUT2D eigenvalue weighted by atomic mass is 32.2. The maximum absolute atomic E-state index is 11.7. The quantitative estimate of drug-likeness (QED) is 0.796. The number of carbonyl (C=O) groups excluding carboxylic acids is 1. The predicted octanol–water partition coefficient (Wildman–Crippen LogP) is 1.73. The molecule has 1 aliphatic heterocycles. The summed E-state index contributed by atoms with van der Waals surface area (Å²) in [4.78, 5) is 12.9. The molecule has 2 N–H and O–H groups in total. The van der Waals surface area contributed by atoms with Crippen molar-refractivity contribution in [2.24, 2.45) is 5.92 Å². The number of hydrogen-bond donors (Lipinski definition) is 2. The van der Waals surface area contributed by atoms with Crippen molar-refractivity contribution >= 4 is 17.7 Å². The van der Waals surface area contributed by atoms with Crippen LogP contribution in [0.3, 0.4) is 0 Å². The van der Waals surface area contributed by atoms with Gasteiger partial charge in [0.15, 0.2) is 0 Å². The smallest absolute Gasteiger partial charge is 0.230 e. The molecular weight excluding hydrogens is 244 g/mol. The number of aryl methyl sites for hydroxylation is 2. The molecule has 0 saturated carbocycles. The standard InChI is InChI=1S/C14H20N2OS/c1-10-3-4-13(11(2)5-10)18-9-14(17)16-8-12-6-15-7-12/h3-5,12,15H,6-9H2,1-2H3,(H,16,17). The summed E-state index contributed by atoms with van der Waals surface area (Å²) in [5.74, 6) is 1.26. The molecule has 3 nitrogen and oxygen atoms in total. The molecule has 0 aliphatic carbocycles. The van der Waals surface area contributed by atoms with Crippen molar-refractivity contribution in [3.8, 4) is 0 Å². The SMILES string of the molecule is Cc1ccc(SCC(=O)NCC2CNC2)c(C)c1. The Morgan fingerprint density at radius 2 is 2.22 bits per heavy atom. The van der Waals surface area contributed by atoms with Crippen LogP contribution in [-0.2, 0) is 4.79 Å². The molecule has 1 amide bonds. The van der Waals surface area contributed by atoms with Crippen molar-refractivity contribution in [2.75, 3.05) is 25.4 Å². The molecule has 0 bridgehead atoms. The Morgan fingerprint density at radius 3 is 2.83 bits per heavy atom. The Kier molecular flexibility index (Phi) is 4.66. The first-order chi connectivity index (χ1) is 8.65. The fourth-order valence-electron chi connectivity index (χ4n) is 1.91. The van der Waals surface area contributed by atoms with Crippen LogP contribution in [0.5, 0.6) is 0 Å². The number of nitrogens with one attached hydrogen (secondary N) is 2. The molecule has 2 rings (SSSR count). The van der Waals surface area contributed by atoms with E-state index in [1.807, 2.05) is 0 Å². The number of rotatable bonds is 5. The minimum Gasteiger partial charge on any atom is -0.355 e. The van der Waals surface area contributed by atoms with Gasteiger partial charge in [0.2, 0.25) is 5.91 Å². The Hall–Kier alpha value is -1.00. The molecule has 0 aromatic heterocycles. The summed E-state index contributed by atoms with van der Waals surface area (Å²) in [6.45, 7) is 7.04. The third-order valence-electron chi connectivity index (χ3n) is 3.14. The van der Waals surface area contributed by atoms with Gasteiger partial charge in [-0.2, -0.15) is 0 Å². The first-order valence-electron chi connectivity index (χ1n) is 6.32. The topological polar surface area (TPSA) is 41.1 Å². The number of carbonyl (C=O) groups is 1. The van der Waals surface area contributed by atoms with Crippen molar-refractivity contribution in [3.63, 3.8) is 0 Å². The van der Waals surface area contributed by atoms with Gasteiger partial charge in [-0.25, -0.2) is 0 Å². The van der Waals surface area contributed by atoms with Gasteiger partial charge in [0, 0.05) is 30.4 Å². The minimum absolute atomic E-state index is 0.131. The van der Waals surface area contributed by atoms with Gasteiger partial charge < -0.3 is 10.6 Å². The highest BCUT2D eigenvalue weighted by Gasteiger charge is 2.17. The van der Waals surface area contributed by atoms with Gasteiger partial charge in [-0.3, -0.25) is 4.79 Å². The van der Waals surface area contributed by atoms with Crippen LogP contribution in [0.4, 0.5) is 0 Å². The van der Waals surface area contributed by atoms with Crippen LogP contribution >= 0.6 is 11.8 Å². The molecule has 98 valence electrons. The molecule has 18 heavy (non-hydrogen) atoms. The van der Waals surface area contributed by atoms with Crippen LogP contribution in [0, 0.1) is 19.8 Å². The summed E-state index contributed by atoms with van der Waals surface area (Å²) in [6, 6.07) is 6.34. The van der Waals surface area contributed by atoms with E-state index in [4.69, 9.17) is 0 Å². The molecular formula is C14H20N2OS. The van der Waals surface area contributed by atoms with E-state index in [9.17, 15) is 4.79 Å². The fraction of sp³-hybridized carbons (Fsp3) is 0.500. The van der Waals surface area contributed by atoms with Gasteiger partial charge in [0.1, 0.15) is 0 Å². The van der Waals surface area contributed by atoms with E-state index in [2.05, 4.69) is 42.7 Å². The molecule has 1 aromatic rings. The Bertz CT molecular complexity index is 430. The van der Waals surface area contributed by atoms with Gasteiger partial charge in [0.05, 0.1) is 5.75 Å². The van der Waals surface area contributed by atoms with Crippen LogP contribution in [0.2, 0.25) is 0 Å². The summed E-state index contributed by atoms with van der Waals surface area (Å²) in [5, 5.41) is 6.18. The highest BCUT2D eigenvalue weighted by molar-refractivity contribution is 8.00. The highest BCUT2D eigenvalue weighted by Crippen LogP contribution is 2.22. The van der Waals surface area contributed by atoms with Crippen LogP contribution in [0.25, 0.3) is 0 Å². The van der Waals surface area contributed by atoms with E-state index < -0.39 is 0 Å². The minimum atomic E-state index is 0.131. The first-order valence-corrected chi connectivity index (χ1v) is 7.31. The van der Waals surface area contributed by atoms with Crippen LogP contribution in [0.15, 0.2) is 23.1 Å². The predicted molar refractivity (Wildman–Crippen MR) is 76.0 cm³/mol. The van der Waals surface area contributed by atoms with Gasteiger partial charge in [-0.15, -0.1) is 11.8 Å². The summed E-state index contributed by atoms with van der Waals surface area (Å²) in [7, 11) is 0. The third-order valence-corrected chi connectivity index (χ3v) is 4.32. The average molecular weight is 264 g/mol. The van der Waals surface area contributed by atoms with Crippen molar-refractivity contribution in [1.82, 2.24) is 10.6 Å². The van der Waals surface area contributed by atoms with Crippen LogP contribution in [0.1, 0.15) is 11.1 Å². The van der Waals surface area contributed by atoms with E-state index in [0.717, 1.165) is 19.6 Å². The molecule has 0 spiro atoms. The van der Waals surface area contributed by atoms with Crippen molar-refractivity contribution in [1.29, 1.82) is 0 Å². The van der Waals surface area contributed by atoms with E-state index in [-0.39, 0.29) is 5.91 Å². The lowest BCUT2D eigenvalue weighted by atomic mass is 10.0. The molecule has 1 heterocycles. The lowest BCUT2D eigenvalue weighted by Gasteiger charge is -2.27. The average Bonchev–Trinajstić information content (AvgIpc) is 2.25. The lowest BCUT2D eigenvalue weighted by molar-refractivity contribution is -0.118. The maximum Gasteiger partial charge on any atom is 0.230 e. The second-order valence-corrected chi connectivity index (χ2v) is 5.90. The summed E-state index contributed by atoms with van der Waals surface area (Å²) >= 11 is 1.61. The first kappa shape index (κ1) is 13.4. The van der Waals surface area contributed by atoms with Gasteiger partial charge in [-0.05, 0) is 25.5 Å². The molecule has 0 radical (unpaired) electrons. The molecule has 0 atom stereocenters. The maximum atomic E-state index is 11.7. The lowest BCUT2D eigenvalue weighted by Crippen LogP contribution is -2.48. The Balaban J connectivity index is 1.74. The number of thioether (sulfide) groups is 1. The van der Waals surface area contributed by atoms with Gasteiger partial charge >= 0.3 is 0 Å². The zero-order valence-corrected chi connectivity index (χ0v) is 11.8. The summed E-state index contributed by atoms with van der Waals surface area (Å²) < 4.78 is 0. The van der Waals surface area contributed by atoms with E-state index >= 15 is 0 Å². The number of amides is 1.